The molecule has 2 atom stereocenters. The van der Waals surface area contributed by atoms with Gasteiger partial charge in [0.05, 0.1) is 27.2 Å². The van der Waals surface area contributed by atoms with Crippen LogP contribution in [0.25, 0.3) is 0 Å². The normalized spacial score (nSPS) is 13.9. The summed E-state index contributed by atoms with van der Waals surface area (Å²) in [5.41, 5.74) is 0. The molecule has 0 aliphatic carbocycles. The van der Waals surface area contributed by atoms with Crippen molar-refractivity contribution in [3.63, 3.8) is 0 Å². The molecule has 0 saturated heterocycles. The lowest BCUT2D eigenvalue weighted by atomic mass is 10.0. The molecule has 0 aromatic carbocycles. The number of nitrogens with zero attached hydrogens (tertiary/aromatic N) is 1. The van der Waals surface area contributed by atoms with Crippen LogP contribution in [-0.4, -0.2) is 48.8 Å². The summed E-state index contributed by atoms with van der Waals surface area (Å²) in [6.07, 6.45) is 41.6. The van der Waals surface area contributed by atoms with Crippen molar-refractivity contribution < 1.29 is 9.59 Å². The molecule has 0 aromatic rings. The predicted molar refractivity (Wildman–Crippen MR) is 185 cm³/mol. The summed E-state index contributed by atoms with van der Waals surface area (Å²) in [7, 11) is 8.29. The smallest absolute Gasteiger partial charge is 0.0775 e. The summed E-state index contributed by atoms with van der Waals surface area (Å²) in [6, 6.07) is 0. The van der Waals surface area contributed by atoms with Crippen molar-refractivity contribution in [2.45, 2.75) is 212 Å². The molecule has 0 saturated carbocycles. The number of rotatable bonds is 33. The zero-order valence-electron chi connectivity index (χ0n) is 28.7. The molecule has 2 unspecified atom stereocenters. The highest BCUT2D eigenvalue weighted by Gasteiger charge is 2.22. The highest BCUT2D eigenvalue weighted by atomic mass is 31.1. The molecule has 0 rings (SSSR count). The topological polar surface area (TPSA) is 20.2 Å². The Kier molecular flexibility index (Phi) is 31.1. The third-order valence-electron chi connectivity index (χ3n) is 8.82. The number of likely N-dealkylation sites (N-methyl/N-ethyl adjacent to an activating group) is 1. The summed E-state index contributed by atoms with van der Waals surface area (Å²) >= 11 is 0. The summed E-state index contributed by atoms with van der Waals surface area (Å²) in [5.74, 6) is 0.365. The van der Waals surface area contributed by atoms with Crippen LogP contribution < -0.4 is 0 Å². The largest absolute Gasteiger partial charge is 0.471 e. The molecular formula is C37H78NOP. The van der Waals surface area contributed by atoms with Crippen molar-refractivity contribution in [1.29, 1.82) is 0 Å². The summed E-state index contributed by atoms with van der Waals surface area (Å²) in [5, 5.41) is 11.0. The Morgan fingerprint density at radius 1 is 0.425 bits per heavy atom. The summed E-state index contributed by atoms with van der Waals surface area (Å²) in [4.78, 5) is 0. The van der Waals surface area contributed by atoms with Crippen molar-refractivity contribution in [3.8, 4) is 0 Å². The van der Waals surface area contributed by atoms with Crippen molar-refractivity contribution in [1.82, 2.24) is 0 Å². The molecule has 0 aromatic heterocycles. The van der Waals surface area contributed by atoms with Gasteiger partial charge in [-0.25, -0.2) is 0 Å². The second-order valence-corrected chi connectivity index (χ2v) is 15.3. The molecule has 0 radical (unpaired) electrons. The molecule has 0 heterocycles. The predicted octanol–water partition coefficient (Wildman–Crippen LogP) is 12.7. The Morgan fingerprint density at radius 3 is 1.00 bits per heavy atom. The summed E-state index contributed by atoms with van der Waals surface area (Å²) < 4.78 is 0.889. The van der Waals surface area contributed by atoms with Crippen LogP contribution in [0, 0.1) is 0 Å². The Labute approximate surface area is 257 Å². The van der Waals surface area contributed by atoms with Crippen LogP contribution >= 0.6 is 8.58 Å². The van der Waals surface area contributed by atoms with E-state index >= 15 is 0 Å². The third kappa shape index (κ3) is 28.5. The number of aliphatic hydroxyl groups is 1. The molecule has 0 bridgehead atoms. The number of hydrogen-bond donors (Lipinski definition) is 1. The van der Waals surface area contributed by atoms with Crippen molar-refractivity contribution in [3.05, 3.63) is 0 Å². The van der Waals surface area contributed by atoms with E-state index in [1.165, 1.54) is 195 Å². The maximum Gasteiger partial charge on any atom is 0.0775 e. The monoisotopic (exact) mass is 584 g/mol. The van der Waals surface area contributed by atoms with Gasteiger partial charge in [-0.05, 0) is 12.2 Å². The Hall–Kier alpha value is 0.350. The third-order valence-corrected chi connectivity index (χ3v) is 10.8. The van der Waals surface area contributed by atoms with Crippen LogP contribution in [0.2, 0.25) is 0 Å². The molecule has 2 nitrogen and oxygen atoms in total. The van der Waals surface area contributed by atoms with Crippen LogP contribution in [0.1, 0.15) is 200 Å². The number of unbranched alkanes of at least 4 members (excludes halogenated alkanes) is 26. The summed E-state index contributed by atoms with van der Waals surface area (Å²) in [6.45, 7) is 4.60. The molecule has 0 fully saturated rings. The van der Waals surface area contributed by atoms with E-state index in [9.17, 15) is 5.11 Å². The van der Waals surface area contributed by atoms with E-state index in [0.717, 1.165) is 10.9 Å². The first-order valence-corrected chi connectivity index (χ1v) is 19.7. The van der Waals surface area contributed by atoms with E-state index in [-0.39, 0.29) is 6.10 Å². The molecule has 0 amide bonds. The average Bonchev–Trinajstić information content (AvgIpc) is 2.92. The van der Waals surface area contributed by atoms with E-state index in [0.29, 0.717) is 5.78 Å². The van der Waals surface area contributed by atoms with E-state index < -0.39 is 0 Å². The first-order valence-electron chi connectivity index (χ1n) is 18.6. The number of quaternary nitrogens is 1. The van der Waals surface area contributed by atoms with Gasteiger partial charge in [-0.15, -0.1) is 0 Å². The standard InChI is InChI=1S/C37H78NOP/c1-6-8-10-12-14-16-18-20-22-24-26-28-30-32-34-36(39)37(38(3,4)5)40-35-33-31-29-27-25-23-21-19-17-15-13-11-9-7-2/h36-37,39H,6-35H2,1-5H3. The Balaban J connectivity index is 3.65. The minimum absolute atomic E-state index is 0.148. The minimum atomic E-state index is -0.148. The lowest BCUT2D eigenvalue weighted by molar-refractivity contribution is -0.885. The quantitative estimate of drug-likeness (QED) is 0.0463. The van der Waals surface area contributed by atoms with Crippen molar-refractivity contribution in [2.75, 3.05) is 27.3 Å². The lowest BCUT2D eigenvalue weighted by Gasteiger charge is -2.46. The molecule has 1 N–H and O–H groups in total. The van der Waals surface area contributed by atoms with Gasteiger partial charge in [-0.3, -0.25) is 0 Å². The molecule has 0 aliphatic heterocycles. The molecular weight excluding hydrogens is 505 g/mol. The van der Waals surface area contributed by atoms with Gasteiger partial charge in [-0.2, -0.15) is 6.16 Å². The van der Waals surface area contributed by atoms with E-state index in [1.807, 2.05) is 0 Å². The molecule has 242 valence electrons. The molecule has 0 aliphatic rings. The van der Waals surface area contributed by atoms with Crippen LogP contribution in [-0.2, 0) is 0 Å². The highest BCUT2D eigenvalue weighted by Crippen LogP contribution is 2.31. The fourth-order valence-corrected chi connectivity index (χ4v) is 7.66. The first-order chi connectivity index (χ1) is 19.4. The van der Waals surface area contributed by atoms with Gasteiger partial charge >= 0.3 is 0 Å². The Bertz CT molecular complexity index is 477. The fraction of sp³-hybridized carbons (Fsp3) is 1.00. The number of aliphatic hydroxyl groups excluding tert-OH is 1. The SMILES string of the molecule is CCCCCCCCCCCCCCCC[P-]C(C(O)CCCCCCCCCCCCCCCC)[N+](C)(C)C. The average molecular weight is 584 g/mol. The highest BCUT2D eigenvalue weighted by molar-refractivity contribution is 7.38. The van der Waals surface area contributed by atoms with Gasteiger partial charge < -0.3 is 18.2 Å². The second-order valence-electron chi connectivity index (χ2n) is 14.0. The van der Waals surface area contributed by atoms with Gasteiger partial charge in [0.25, 0.3) is 0 Å². The zero-order chi connectivity index (χ0) is 29.6. The van der Waals surface area contributed by atoms with Crippen LogP contribution in [0.5, 0.6) is 0 Å². The van der Waals surface area contributed by atoms with Crippen molar-refractivity contribution in [2.24, 2.45) is 0 Å². The first kappa shape index (κ1) is 40.4. The zero-order valence-corrected chi connectivity index (χ0v) is 29.6. The fourth-order valence-electron chi connectivity index (χ4n) is 6.11. The van der Waals surface area contributed by atoms with Crippen LogP contribution in [0.3, 0.4) is 0 Å². The second kappa shape index (κ2) is 30.8. The maximum absolute atomic E-state index is 11.0. The van der Waals surface area contributed by atoms with Crippen LogP contribution in [0.4, 0.5) is 0 Å². The number of hydrogen-bond acceptors (Lipinski definition) is 1. The molecule has 3 heteroatoms. The van der Waals surface area contributed by atoms with Gasteiger partial charge in [0.15, 0.2) is 0 Å². The van der Waals surface area contributed by atoms with Gasteiger partial charge in [0, 0.05) is 0 Å². The van der Waals surface area contributed by atoms with Gasteiger partial charge in [-0.1, -0.05) is 194 Å². The Morgan fingerprint density at radius 2 is 0.700 bits per heavy atom. The van der Waals surface area contributed by atoms with Gasteiger partial charge in [0.1, 0.15) is 0 Å². The van der Waals surface area contributed by atoms with E-state index in [4.69, 9.17) is 0 Å². The van der Waals surface area contributed by atoms with E-state index in [2.05, 4.69) is 35.0 Å². The lowest BCUT2D eigenvalue weighted by Crippen LogP contribution is -2.49. The maximum atomic E-state index is 11.0. The van der Waals surface area contributed by atoms with Crippen LogP contribution in [0.15, 0.2) is 0 Å². The van der Waals surface area contributed by atoms with E-state index in [1.54, 1.807) is 0 Å². The van der Waals surface area contributed by atoms with Crippen molar-refractivity contribution >= 4 is 8.58 Å². The molecule has 40 heavy (non-hydrogen) atoms. The minimum Gasteiger partial charge on any atom is -0.471 e. The molecule has 0 spiro atoms. The van der Waals surface area contributed by atoms with Gasteiger partial charge in [0.2, 0.25) is 0 Å².